The summed E-state index contributed by atoms with van der Waals surface area (Å²) >= 11 is 5.99. The highest BCUT2D eigenvalue weighted by Gasteiger charge is 2.34. The second kappa shape index (κ2) is 10.5. The van der Waals surface area contributed by atoms with E-state index in [-0.39, 0.29) is 17.4 Å². The lowest BCUT2D eigenvalue weighted by Gasteiger charge is -2.39. The standard InChI is InChI=1S/C24H31ClN6O2/c1-28-11-4-12-29(16-15-28)19-9-13-30(14-10-19)24(33)31(22-8-7-18(25)17-27-22)23(32)20-5-2-3-6-21(20)26/h2-3,5-8,17,19H,4,9-16,26H2,1H3. The van der Waals surface area contributed by atoms with E-state index in [4.69, 9.17) is 17.3 Å². The van der Waals surface area contributed by atoms with Gasteiger partial charge in [-0.1, -0.05) is 23.7 Å². The maximum Gasteiger partial charge on any atom is 0.332 e. The van der Waals surface area contributed by atoms with Gasteiger partial charge in [0.25, 0.3) is 5.91 Å². The molecule has 0 spiro atoms. The Bertz CT molecular complexity index is 977. The molecule has 176 valence electrons. The number of amides is 3. The number of nitrogen functional groups attached to an aromatic ring is 1. The molecule has 0 aliphatic carbocycles. The second-order valence-electron chi connectivity index (χ2n) is 8.76. The molecule has 8 nitrogen and oxygen atoms in total. The van der Waals surface area contributed by atoms with E-state index in [0.29, 0.717) is 29.8 Å². The number of pyridine rings is 1. The van der Waals surface area contributed by atoms with Crippen LogP contribution >= 0.6 is 11.6 Å². The molecule has 33 heavy (non-hydrogen) atoms. The minimum atomic E-state index is -0.495. The summed E-state index contributed by atoms with van der Waals surface area (Å²) in [7, 11) is 2.17. The van der Waals surface area contributed by atoms with Gasteiger partial charge >= 0.3 is 6.03 Å². The number of likely N-dealkylation sites (N-methyl/N-ethyl adjacent to an activating group) is 1. The lowest BCUT2D eigenvalue weighted by Crippen LogP contribution is -2.53. The van der Waals surface area contributed by atoms with Gasteiger partial charge < -0.3 is 15.5 Å². The molecule has 3 amide bonds. The Kier molecular flexibility index (Phi) is 7.47. The highest BCUT2D eigenvalue weighted by Crippen LogP contribution is 2.24. The minimum absolute atomic E-state index is 0.232. The van der Waals surface area contributed by atoms with E-state index in [0.717, 1.165) is 43.9 Å². The average Bonchev–Trinajstić information content (AvgIpc) is 3.05. The van der Waals surface area contributed by atoms with Crippen molar-refractivity contribution in [1.82, 2.24) is 19.7 Å². The summed E-state index contributed by atoms with van der Waals surface area (Å²) in [5.74, 6) is -0.263. The number of carbonyl (C=O) groups excluding carboxylic acids is 2. The molecular formula is C24H31ClN6O2. The highest BCUT2D eigenvalue weighted by atomic mass is 35.5. The molecule has 2 saturated heterocycles. The molecule has 0 atom stereocenters. The van der Waals surface area contributed by atoms with E-state index < -0.39 is 5.91 Å². The number of anilines is 2. The van der Waals surface area contributed by atoms with Crippen molar-refractivity contribution in [2.75, 3.05) is 56.9 Å². The Balaban J connectivity index is 1.50. The van der Waals surface area contributed by atoms with Crippen molar-refractivity contribution in [1.29, 1.82) is 0 Å². The Hall–Kier alpha value is -2.68. The van der Waals surface area contributed by atoms with Crippen molar-refractivity contribution in [2.45, 2.75) is 25.3 Å². The van der Waals surface area contributed by atoms with Gasteiger partial charge in [-0.2, -0.15) is 0 Å². The van der Waals surface area contributed by atoms with E-state index in [1.165, 1.54) is 12.6 Å². The zero-order chi connectivity index (χ0) is 23.4. The lowest BCUT2D eigenvalue weighted by molar-refractivity contribution is 0.0967. The van der Waals surface area contributed by atoms with Gasteiger partial charge in [0.2, 0.25) is 0 Å². The van der Waals surface area contributed by atoms with Crippen LogP contribution in [-0.4, -0.2) is 84.0 Å². The number of para-hydroxylation sites is 1. The number of benzene rings is 1. The Morgan fingerprint density at radius 2 is 1.79 bits per heavy atom. The lowest BCUT2D eigenvalue weighted by atomic mass is 10.0. The number of likely N-dealkylation sites (tertiary alicyclic amines) is 1. The van der Waals surface area contributed by atoms with Crippen LogP contribution in [0.5, 0.6) is 0 Å². The van der Waals surface area contributed by atoms with E-state index in [9.17, 15) is 9.59 Å². The normalized spacial score (nSPS) is 18.7. The van der Waals surface area contributed by atoms with Crippen LogP contribution in [-0.2, 0) is 0 Å². The first kappa shape index (κ1) is 23.5. The summed E-state index contributed by atoms with van der Waals surface area (Å²) < 4.78 is 0. The number of hydrogen-bond donors (Lipinski definition) is 1. The number of nitrogens with two attached hydrogens (primary N) is 1. The number of carbonyl (C=O) groups is 2. The molecule has 2 aromatic rings. The summed E-state index contributed by atoms with van der Waals surface area (Å²) in [6, 6.07) is 10.0. The molecule has 0 bridgehead atoms. The summed E-state index contributed by atoms with van der Waals surface area (Å²) in [6.45, 7) is 5.54. The molecule has 0 radical (unpaired) electrons. The number of urea groups is 1. The number of imide groups is 1. The average molecular weight is 471 g/mol. The van der Waals surface area contributed by atoms with Gasteiger partial charge in [0, 0.05) is 44.1 Å². The number of hydrogen-bond acceptors (Lipinski definition) is 6. The van der Waals surface area contributed by atoms with E-state index in [1.807, 2.05) is 0 Å². The Labute approximate surface area is 199 Å². The monoisotopic (exact) mass is 470 g/mol. The van der Waals surface area contributed by atoms with Crippen molar-refractivity contribution in [3.63, 3.8) is 0 Å². The first-order valence-electron chi connectivity index (χ1n) is 11.5. The third-order valence-corrected chi connectivity index (χ3v) is 6.76. The summed E-state index contributed by atoms with van der Waals surface area (Å²) in [5, 5.41) is 0.432. The molecule has 2 fully saturated rings. The first-order chi connectivity index (χ1) is 15.9. The molecule has 3 heterocycles. The number of nitrogens with zero attached hydrogens (tertiary/aromatic N) is 5. The minimum Gasteiger partial charge on any atom is -0.398 e. The molecule has 2 aliphatic heterocycles. The van der Waals surface area contributed by atoms with Gasteiger partial charge in [-0.15, -0.1) is 0 Å². The molecule has 1 aromatic heterocycles. The number of halogens is 1. The molecule has 9 heteroatoms. The van der Waals surface area contributed by atoms with Gasteiger partial charge in [0.05, 0.1) is 10.6 Å². The largest absolute Gasteiger partial charge is 0.398 e. The van der Waals surface area contributed by atoms with Crippen LogP contribution in [0.4, 0.5) is 16.3 Å². The molecule has 2 N–H and O–H groups in total. The molecular weight excluding hydrogens is 440 g/mol. The van der Waals surface area contributed by atoms with Gasteiger partial charge in [0.1, 0.15) is 5.82 Å². The molecule has 0 saturated carbocycles. The molecule has 1 aromatic carbocycles. The highest BCUT2D eigenvalue weighted by molar-refractivity contribution is 6.30. The van der Waals surface area contributed by atoms with Gasteiger partial charge in [0.15, 0.2) is 0 Å². The van der Waals surface area contributed by atoms with E-state index in [2.05, 4.69) is 21.8 Å². The molecule has 2 aliphatic rings. The first-order valence-corrected chi connectivity index (χ1v) is 11.8. The fourth-order valence-electron chi connectivity index (χ4n) is 4.60. The van der Waals surface area contributed by atoms with Crippen molar-refractivity contribution < 1.29 is 9.59 Å². The Morgan fingerprint density at radius 3 is 2.48 bits per heavy atom. The van der Waals surface area contributed by atoms with E-state index >= 15 is 0 Å². The fourth-order valence-corrected chi connectivity index (χ4v) is 4.71. The van der Waals surface area contributed by atoms with Crippen LogP contribution in [0.25, 0.3) is 0 Å². The van der Waals surface area contributed by atoms with E-state index in [1.54, 1.807) is 41.3 Å². The zero-order valence-corrected chi connectivity index (χ0v) is 19.7. The van der Waals surface area contributed by atoms with Crippen LogP contribution in [0, 0.1) is 0 Å². The van der Waals surface area contributed by atoms with Crippen LogP contribution in [0.1, 0.15) is 29.6 Å². The number of piperidine rings is 1. The predicted octanol–water partition coefficient (Wildman–Crippen LogP) is 3.19. The van der Waals surface area contributed by atoms with Crippen molar-refractivity contribution in [3.05, 3.63) is 53.2 Å². The van der Waals surface area contributed by atoms with Crippen LogP contribution < -0.4 is 10.6 Å². The molecule has 4 rings (SSSR count). The maximum atomic E-state index is 13.6. The van der Waals surface area contributed by atoms with Crippen molar-refractivity contribution in [2.24, 2.45) is 0 Å². The summed E-state index contributed by atoms with van der Waals surface area (Å²) in [5.41, 5.74) is 6.63. The maximum absolute atomic E-state index is 13.6. The van der Waals surface area contributed by atoms with Gasteiger partial charge in [-0.3, -0.25) is 9.69 Å². The van der Waals surface area contributed by atoms with Crippen LogP contribution in [0.15, 0.2) is 42.6 Å². The van der Waals surface area contributed by atoms with Crippen LogP contribution in [0.2, 0.25) is 5.02 Å². The third-order valence-electron chi connectivity index (χ3n) is 6.53. The zero-order valence-electron chi connectivity index (χ0n) is 19.0. The number of rotatable bonds is 3. The third kappa shape index (κ3) is 5.46. The van der Waals surface area contributed by atoms with Gasteiger partial charge in [-0.25, -0.2) is 14.7 Å². The summed E-state index contributed by atoms with van der Waals surface area (Å²) in [6.07, 6.45) is 4.37. The predicted molar refractivity (Wildman–Crippen MR) is 131 cm³/mol. The number of aromatic nitrogens is 1. The smallest absolute Gasteiger partial charge is 0.332 e. The fraction of sp³-hybridized carbons (Fsp3) is 0.458. The quantitative estimate of drug-likeness (QED) is 0.693. The van der Waals surface area contributed by atoms with Crippen molar-refractivity contribution >= 4 is 35.0 Å². The van der Waals surface area contributed by atoms with Crippen LogP contribution in [0.3, 0.4) is 0 Å². The van der Waals surface area contributed by atoms with Crippen molar-refractivity contribution in [3.8, 4) is 0 Å². The summed E-state index contributed by atoms with van der Waals surface area (Å²) in [4.78, 5) is 39.0. The second-order valence-corrected chi connectivity index (χ2v) is 9.19. The topological polar surface area (TPSA) is 86.0 Å². The molecule has 0 unspecified atom stereocenters. The SMILES string of the molecule is CN1CCCN(C2CCN(C(=O)N(C(=O)c3ccccc3N)c3ccc(Cl)cn3)CC2)CC1. The Morgan fingerprint density at radius 1 is 1.03 bits per heavy atom. The van der Waals surface area contributed by atoms with Gasteiger partial charge in [-0.05, 0) is 63.7 Å².